The van der Waals surface area contributed by atoms with Gasteiger partial charge in [-0.2, -0.15) is 0 Å². The van der Waals surface area contributed by atoms with Gasteiger partial charge in [-0.1, -0.05) is 0 Å². The summed E-state index contributed by atoms with van der Waals surface area (Å²) in [6.07, 6.45) is 2.50. The fourth-order valence-corrected chi connectivity index (χ4v) is 1.43. The van der Waals surface area contributed by atoms with Crippen LogP contribution in [0.2, 0.25) is 0 Å². The second kappa shape index (κ2) is 3.94. The number of likely N-dealkylation sites (tertiary alicyclic amines) is 1. The first kappa shape index (κ1) is 8.02. The molecule has 0 N–H and O–H groups in total. The maximum atomic E-state index is 5.00. The molecule has 0 bridgehead atoms. The van der Waals surface area contributed by atoms with E-state index in [0.717, 1.165) is 25.6 Å². The van der Waals surface area contributed by atoms with Crippen LogP contribution in [-0.2, 0) is 4.74 Å². The fraction of sp³-hybridized carbons (Fsp3) is 0.875. The van der Waals surface area contributed by atoms with E-state index in [0.29, 0.717) is 0 Å². The number of hydrogen-bond donors (Lipinski definition) is 0. The summed E-state index contributed by atoms with van der Waals surface area (Å²) in [5, 5.41) is 0. The first-order chi connectivity index (χ1) is 4.83. The van der Waals surface area contributed by atoms with E-state index in [2.05, 4.69) is 11.9 Å². The summed E-state index contributed by atoms with van der Waals surface area (Å²) in [5.41, 5.74) is 0. The van der Waals surface area contributed by atoms with Crippen molar-refractivity contribution in [2.45, 2.75) is 12.8 Å². The summed E-state index contributed by atoms with van der Waals surface area (Å²) in [4.78, 5) is 2.14. The van der Waals surface area contributed by atoms with Crippen LogP contribution in [0.5, 0.6) is 0 Å². The van der Waals surface area contributed by atoms with E-state index in [4.69, 9.17) is 4.74 Å². The lowest BCUT2D eigenvalue weighted by Gasteiger charge is -2.16. The van der Waals surface area contributed by atoms with Gasteiger partial charge in [0.2, 0.25) is 0 Å². The normalized spacial score (nSPS) is 27.6. The quantitative estimate of drug-likeness (QED) is 0.548. The molecule has 60 valence electrons. The Kier molecular flexibility index (Phi) is 3.16. The van der Waals surface area contributed by atoms with Gasteiger partial charge in [-0.15, -0.1) is 0 Å². The Morgan fingerprint density at radius 3 is 3.00 bits per heavy atom. The zero-order valence-corrected chi connectivity index (χ0v) is 6.68. The predicted octanol–water partition coefficient (Wildman–Crippen LogP) is 1.14. The maximum Gasteiger partial charge on any atom is 0.0465 e. The number of nitrogens with zero attached hydrogens (tertiary/aromatic N) is 1. The van der Waals surface area contributed by atoms with Gasteiger partial charge in [0, 0.05) is 13.7 Å². The Morgan fingerprint density at radius 2 is 2.50 bits per heavy atom. The zero-order valence-electron chi connectivity index (χ0n) is 6.68. The van der Waals surface area contributed by atoms with Crippen molar-refractivity contribution >= 4 is 0 Å². The van der Waals surface area contributed by atoms with Crippen LogP contribution in [0.4, 0.5) is 0 Å². The molecule has 1 rings (SSSR count). The Labute approximate surface area is 63.2 Å². The van der Waals surface area contributed by atoms with E-state index in [1.165, 1.54) is 12.8 Å². The van der Waals surface area contributed by atoms with Crippen LogP contribution in [-0.4, -0.2) is 31.7 Å². The summed E-state index contributed by atoms with van der Waals surface area (Å²) in [6, 6.07) is 0. The van der Waals surface area contributed by atoms with Crippen molar-refractivity contribution in [3.05, 3.63) is 7.05 Å². The molecule has 0 radical (unpaired) electrons. The van der Waals surface area contributed by atoms with Gasteiger partial charge in [0.1, 0.15) is 0 Å². The van der Waals surface area contributed by atoms with Crippen LogP contribution in [0.15, 0.2) is 0 Å². The average molecular weight is 142 g/mol. The van der Waals surface area contributed by atoms with Crippen molar-refractivity contribution in [3.63, 3.8) is 0 Å². The first-order valence-corrected chi connectivity index (χ1v) is 3.87. The van der Waals surface area contributed by atoms with Gasteiger partial charge >= 0.3 is 0 Å². The minimum absolute atomic E-state index is 0.831. The molecule has 2 nitrogen and oxygen atoms in total. The van der Waals surface area contributed by atoms with Crippen LogP contribution in [0, 0.1) is 13.0 Å². The Bertz CT molecular complexity index is 95.3. The van der Waals surface area contributed by atoms with Crippen LogP contribution in [0.25, 0.3) is 0 Å². The van der Waals surface area contributed by atoms with Crippen LogP contribution < -0.4 is 0 Å². The summed E-state index contributed by atoms with van der Waals surface area (Å²) in [6.45, 7) is 3.22. The molecule has 1 saturated heterocycles. The zero-order chi connectivity index (χ0) is 7.40. The SMILES string of the molecule is [CH2-]N1CCC(CCOC)C1. The second-order valence-corrected chi connectivity index (χ2v) is 3.01. The van der Waals surface area contributed by atoms with Gasteiger partial charge in [0.25, 0.3) is 0 Å². The van der Waals surface area contributed by atoms with E-state index in [9.17, 15) is 0 Å². The lowest BCUT2D eigenvalue weighted by molar-refractivity contribution is 0.178. The molecule has 1 aliphatic rings. The summed E-state index contributed by atoms with van der Waals surface area (Å²) in [7, 11) is 5.65. The topological polar surface area (TPSA) is 12.5 Å². The molecule has 2 heteroatoms. The third-order valence-electron chi connectivity index (χ3n) is 2.10. The largest absolute Gasteiger partial charge is 0.459 e. The molecule has 1 aliphatic heterocycles. The van der Waals surface area contributed by atoms with Crippen molar-refractivity contribution < 1.29 is 4.74 Å². The van der Waals surface area contributed by atoms with E-state index in [1.54, 1.807) is 7.11 Å². The minimum atomic E-state index is 0.831. The van der Waals surface area contributed by atoms with E-state index in [-0.39, 0.29) is 0 Å². The van der Waals surface area contributed by atoms with Gasteiger partial charge in [-0.3, -0.25) is 7.05 Å². The molecule has 0 aromatic heterocycles. The Hall–Kier alpha value is -0.0800. The molecule has 1 fully saturated rings. The molecule has 1 heterocycles. The number of rotatable bonds is 3. The van der Waals surface area contributed by atoms with E-state index >= 15 is 0 Å². The number of hydrogen-bond acceptors (Lipinski definition) is 2. The van der Waals surface area contributed by atoms with Gasteiger partial charge in [0.05, 0.1) is 0 Å². The predicted molar refractivity (Wildman–Crippen MR) is 41.5 cm³/mol. The highest BCUT2D eigenvalue weighted by molar-refractivity contribution is 4.74. The average Bonchev–Trinajstić information content (AvgIpc) is 2.31. The highest BCUT2D eigenvalue weighted by Gasteiger charge is 2.14. The fourth-order valence-electron chi connectivity index (χ4n) is 1.43. The Morgan fingerprint density at radius 1 is 1.70 bits per heavy atom. The van der Waals surface area contributed by atoms with Gasteiger partial charge in [0.15, 0.2) is 0 Å². The second-order valence-electron chi connectivity index (χ2n) is 3.01. The van der Waals surface area contributed by atoms with Gasteiger partial charge in [-0.25, -0.2) is 0 Å². The molecule has 0 spiro atoms. The highest BCUT2D eigenvalue weighted by atomic mass is 16.5. The van der Waals surface area contributed by atoms with E-state index < -0.39 is 0 Å². The number of methoxy groups -OCH3 is 1. The molecule has 10 heavy (non-hydrogen) atoms. The van der Waals surface area contributed by atoms with Crippen molar-refractivity contribution in [3.8, 4) is 0 Å². The molecule has 1 atom stereocenters. The molecule has 0 aliphatic carbocycles. The minimum Gasteiger partial charge on any atom is -0.459 e. The van der Waals surface area contributed by atoms with E-state index in [1.807, 2.05) is 0 Å². The first-order valence-electron chi connectivity index (χ1n) is 3.87. The maximum absolute atomic E-state index is 5.00. The van der Waals surface area contributed by atoms with Crippen LogP contribution >= 0.6 is 0 Å². The molecular formula is C8H16NO-. The lowest BCUT2D eigenvalue weighted by atomic mass is 10.1. The van der Waals surface area contributed by atoms with Crippen molar-refractivity contribution in [1.29, 1.82) is 0 Å². The van der Waals surface area contributed by atoms with Crippen molar-refractivity contribution in [1.82, 2.24) is 4.90 Å². The van der Waals surface area contributed by atoms with Crippen LogP contribution in [0.3, 0.4) is 0 Å². The van der Waals surface area contributed by atoms with Crippen LogP contribution in [0.1, 0.15) is 12.8 Å². The molecule has 1 unspecified atom stereocenters. The van der Waals surface area contributed by atoms with Gasteiger partial charge in [-0.05, 0) is 31.8 Å². The monoisotopic (exact) mass is 142 g/mol. The van der Waals surface area contributed by atoms with Crippen molar-refractivity contribution in [2.75, 3.05) is 26.8 Å². The molecule has 0 aromatic rings. The summed E-state index contributed by atoms with van der Waals surface area (Å²) < 4.78 is 5.00. The number of ether oxygens (including phenoxy) is 1. The highest BCUT2D eigenvalue weighted by Crippen LogP contribution is 2.17. The standard InChI is InChI=1S/C8H16NO/c1-9-5-3-8(7-9)4-6-10-2/h8H,1,3-7H2,2H3/q-1. The lowest BCUT2D eigenvalue weighted by Crippen LogP contribution is -2.12. The molecule has 0 aromatic carbocycles. The third kappa shape index (κ3) is 2.27. The summed E-state index contributed by atoms with van der Waals surface area (Å²) >= 11 is 0. The Balaban J connectivity index is 2.06. The molecular weight excluding hydrogens is 126 g/mol. The third-order valence-corrected chi connectivity index (χ3v) is 2.10. The van der Waals surface area contributed by atoms with Gasteiger partial charge < -0.3 is 9.64 Å². The molecule has 0 saturated carbocycles. The smallest absolute Gasteiger partial charge is 0.0465 e. The van der Waals surface area contributed by atoms with Crippen molar-refractivity contribution in [2.24, 2.45) is 5.92 Å². The summed E-state index contributed by atoms with van der Waals surface area (Å²) in [5.74, 6) is 0.831. The molecule has 0 amide bonds.